The van der Waals surface area contributed by atoms with E-state index >= 15 is 0 Å². The minimum Gasteiger partial charge on any atom is -0.423 e. The van der Waals surface area contributed by atoms with Gasteiger partial charge in [-0.15, -0.1) is 0 Å². The second-order valence-corrected chi connectivity index (χ2v) is 4.39. The van der Waals surface area contributed by atoms with E-state index in [0.29, 0.717) is 6.07 Å². The van der Waals surface area contributed by atoms with Crippen molar-refractivity contribution in [3.05, 3.63) is 78.4 Å². The highest BCUT2D eigenvalue weighted by Crippen LogP contribution is 2.24. The van der Waals surface area contributed by atoms with Gasteiger partial charge in [-0.2, -0.15) is 0 Å². The molecule has 0 aliphatic heterocycles. The van der Waals surface area contributed by atoms with Gasteiger partial charge >= 0.3 is 5.97 Å². The molecule has 0 N–H and O–H groups in total. The van der Waals surface area contributed by atoms with Crippen molar-refractivity contribution in [3.63, 3.8) is 0 Å². The zero-order valence-electron chi connectivity index (χ0n) is 11.6. The van der Waals surface area contributed by atoms with Crippen LogP contribution in [0, 0.1) is 30.3 Å². The fourth-order valence-corrected chi connectivity index (χ4v) is 1.73. The summed E-state index contributed by atoms with van der Waals surface area (Å²) in [5, 5.41) is 32.1. The number of non-ortho nitro benzene ring substituents is 3. The van der Waals surface area contributed by atoms with Gasteiger partial charge in [0.2, 0.25) is 0 Å². The van der Waals surface area contributed by atoms with Crippen molar-refractivity contribution in [3.8, 4) is 5.75 Å². The molecule has 0 heterocycles. The van der Waals surface area contributed by atoms with E-state index in [1.807, 2.05) is 0 Å². The summed E-state index contributed by atoms with van der Waals surface area (Å²) in [5.74, 6) is -1.13. The lowest BCUT2D eigenvalue weighted by molar-refractivity contribution is -0.394. The molecule has 0 radical (unpaired) electrons. The standard InChI is InChI=1S/C13H7N3O8/c17-13(24-12-3-1-9(2-4-12)14(18)19)8-5-10(15(20)21)7-11(6-8)16(22)23/h1-7H. The highest BCUT2D eigenvalue weighted by atomic mass is 16.6. The number of rotatable bonds is 5. The molecule has 11 heteroatoms. The highest BCUT2D eigenvalue weighted by molar-refractivity contribution is 5.92. The van der Waals surface area contributed by atoms with E-state index in [9.17, 15) is 35.1 Å². The quantitative estimate of drug-likeness (QED) is 0.350. The monoisotopic (exact) mass is 333 g/mol. The summed E-state index contributed by atoms with van der Waals surface area (Å²) in [6.07, 6.45) is 0. The number of hydrogen-bond acceptors (Lipinski definition) is 8. The molecule has 2 rings (SSSR count). The Bertz CT molecular complexity index is 815. The van der Waals surface area contributed by atoms with E-state index in [-0.39, 0.29) is 11.4 Å². The van der Waals surface area contributed by atoms with Crippen molar-refractivity contribution in [2.75, 3.05) is 0 Å². The van der Waals surface area contributed by atoms with E-state index < -0.39 is 37.7 Å². The van der Waals surface area contributed by atoms with Gasteiger partial charge in [-0.05, 0) is 12.1 Å². The van der Waals surface area contributed by atoms with Gasteiger partial charge in [0, 0.05) is 24.3 Å². The predicted octanol–water partition coefficient (Wildman–Crippen LogP) is 2.63. The summed E-state index contributed by atoms with van der Waals surface area (Å²) in [6.45, 7) is 0. The molecular weight excluding hydrogens is 326 g/mol. The van der Waals surface area contributed by atoms with Gasteiger partial charge in [0.25, 0.3) is 17.1 Å². The maximum Gasteiger partial charge on any atom is 0.344 e. The van der Waals surface area contributed by atoms with E-state index in [1.54, 1.807) is 0 Å². The molecule has 0 aliphatic carbocycles. The van der Waals surface area contributed by atoms with Crippen LogP contribution in [0.2, 0.25) is 0 Å². The maximum absolute atomic E-state index is 12.0. The van der Waals surface area contributed by atoms with Crippen molar-refractivity contribution in [2.45, 2.75) is 0 Å². The zero-order chi connectivity index (χ0) is 17.9. The molecule has 0 bridgehead atoms. The molecular formula is C13H7N3O8. The number of nitrogens with zero attached hydrogens (tertiary/aromatic N) is 3. The summed E-state index contributed by atoms with van der Waals surface area (Å²) < 4.78 is 4.90. The van der Waals surface area contributed by atoms with Crippen LogP contribution in [0.5, 0.6) is 5.75 Å². The fourth-order valence-electron chi connectivity index (χ4n) is 1.73. The van der Waals surface area contributed by atoms with E-state index in [0.717, 1.165) is 36.4 Å². The van der Waals surface area contributed by atoms with Crippen LogP contribution in [0.4, 0.5) is 17.1 Å². The molecule has 11 nitrogen and oxygen atoms in total. The first-order valence-corrected chi connectivity index (χ1v) is 6.18. The van der Waals surface area contributed by atoms with Crippen molar-refractivity contribution >= 4 is 23.0 Å². The lowest BCUT2D eigenvalue weighted by atomic mass is 10.2. The lowest BCUT2D eigenvalue weighted by Gasteiger charge is -2.04. The minimum absolute atomic E-state index is 0.0558. The maximum atomic E-state index is 12.0. The lowest BCUT2D eigenvalue weighted by Crippen LogP contribution is -2.09. The summed E-state index contributed by atoms with van der Waals surface area (Å²) in [7, 11) is 0. The van der Waals surface area contributed by atoms with E-state index in [2.05, 4.69) is 0 Å². The van der Waals surface area contributed by atoms with Gasteiger partial charge in [-0.1, -0.05) is 0 Å². The predicted molar refractivity (Wildman–Crippen MR) is 77.8 cm³/mol. The molecule has 0 saturated heterocycles. The Morgan fingerprint density at radius 1 is 0.750 bits per heavy atom. The third kappa shape index (κ3) is 3.65. The van der Waals surface area contributed by atoms with Crippen LogP contribution in [0.25, 0.3) is 0 Å². The van der Waals surface area contributed by atoms with Crippen LogP contribution in [-0.2, 0) is 0 Å². The van der Waals surface area contributed by atoms with Gasteiger partial charge in [0.15, 0.2) is 0 Å². The largest absolute Gasteiger partial charge is 0.423 e. The van der Waals surface area contributed by atoms with Crippen LogP contribution in [0.1, 0.15) is 10.4 Å². The number of hydrogen-bond donors (Lipinski definition) is 0. The van der Waals surface area contributed by atoms with Gasteiger partial charge in [0.1, 0.15) is 5.75 Å². The molecule has 0 aromatic heterocycles. The van der Waals surface area contributed by atoms with E-state index in [4.69, 9.17) is 4.74 Å². The molecule has 2 aromatic rings. The van der Waals surface area contributed by atoms with Crippen molar-refractivity contribution in [1.82, 2.24) is 0 Å². The number of nitro benzene ring substituents is 3. The second kappa shape index (κ2) is 6.48. The first kappa shape index (κ1) is 16.5. The first-order valence-electron chi connectivity index (χ1n) is 6.18. The Hall–Kier alpha value is -3.89. The average Bonchev–Trinajstić information content (AvgIpc) is 2.54. The number of ether oxygens (including phenoxy) is 1. The van der Waals surface area contributed by atoms with Crippen LogP contribution in [0.3, 0.4) is 0 Å². The Morgan fingerprint density at radius 3 is 1.62 bits per heavy atom. The molecule has 0 amide bonds. The highest BCUT2D eigenvalue weighted by Gasteiger charge is 2.21. The minimum atomic E-state index is -1.07. The number of carbonyl (C=O) groups is 1. The number of carbonyl (C=O) groups excluding carboxylic acids is 1. The first-order chi connectivity index (χ1) is 11.3. The molecule has 0 saturated carbocycles. The van der Waals surface area contributed by atoms with Crippen molar-refractivity contribution in [2.24, 2.45) is 0 Å². The average molecular weight is 333 g/mol. The van der Waals surface area contributed by atoms with Crippen molar-refractivity contribution in [1.29, 1.82) is 0 Å². The SMILES string of the molecule is O=C(Oc1ccc([N+](=O)[O-])cc1)c1cc([N+](=O)[O-])cc([N+](=O)[O-])c1. The summed E-state index contributed by atoms with van der Waals surface area (Å²) in [6, 6.07) is 6.88. The van der Waals surface area contributed by atoms with Crippen LogP contribution < -0.4 is 4.74 Å². The summed E-state index contributed by atoms with van der Waals surface area (Å²) in [4.78, 5) is 41.7. The van der Waals surface area contributed by atoms with Gasteiger partial charge in [-0.25, -0.2) is 4.79 Å². The molecule has 0 unspecified atom stereocenters. The Balaban J connectivity index is 2.30. The van der Waals surface area contributed by atoms with Crippen LogP contribution in [-0.4, -0.2) is 20.7 Å². The van der Waals surface area contributed by atoms with Gasteiger partial charge in [0.05, 0.1) is 26.4 Å². The van der Waals surface area contributed by atoms with E-state index in [1.165, 1.54) is 0 Å². The second-order valence-electron chi connectivity index (χ2n) is 4.39. The Labute approximate surface area is 132 Å². The smallest absolute Gasteiger partial charge is 0.344 e. The van der Waals surface area contributed by atoms with Gasteiger partial charge < -0.3 is 4.74 Å². The molecule has 0 fully saturated rings. The molecule has 0 aliphatic rings. The van der Waals surface area contributed by atoms with Gasteiger partial charge in [-0.3, -0.25) is 30.3 Å². The molecule has 122 valence electrons. The molecule has 24 heavy (non-hydrogen) atoms. The number of nitro groups is 3. The number of esters is 1. The Morgan fingerprint density at radius 2 is 1.21 bits per heavy atom. The van der Waals surface area contributed by atoms with Crippen molar-refractivity contribution < 1.29 is 24.3 Å². The third-order valence-corrected chi connectivity index (χ3v) is 2.82. The topological polar surface area (TPSA) is 156 Å². The molecule has 2 aromatic carbocycles. The Kier molecular flexibility index (Phi) is 4.45. The summed E-state index contributed by atoms with van der Waals surface area (Å²) >= 11 is 0. The van der Waals surface area contributed by atoms with Crippen LogP contribution >= 0.6 is 0 Å². The normalized spacial score (nSPS) is 10.0. The molecule has 0 spiro atoms. The third-order valence-electron chi connectivity index (χ3n) is 2.82. The number of benzene rings is 2. The summed E-state index contributed by atoms with van der Waals surface area (Å²) in [5.41, 5.74) is -1.89. The fraction of sp³-hybridized carbons (Fsp3) is 0. The zero-order valence-corrected chi connectivity index (χ0v) is 11.6. The van der Waals surface area contributed by atoms with Crippen LogP contribution in [0.15, 0.2) is 42.5 Å². The molecule has 0 atom stereocenters.